The summed E-state index contributed by atoms with van der Waals surface area (Å²) in [6, 6.07) is -0.746. The standard InChI is InChI=1S/C12H19N5O2/c1-12(11(14)19)3-4-17(7-12)10(18)9(13)8-5-15-16(2)6-8/h5-6,9H,3-4,7,13H2,1-2H3,(H2,14,19). The Labute approximate surface area is 111 Å². The summed E-state index contributed by atoms with van der Waals surface area (Å²) in [6.07, 6.45) is 3.87. The Hall–Kier alpha value is -1.89. The molecule has 0 spiro atoms. The summed E-state index contributed by atoms with van der Waals surface area (Å²) in [7, 11) is 1.76. The molecular formula is C12H19N5O2. The predicted octanol–water partition coefficient (Wildman–Crippen LogP) is -0.856. The summed E-state index contributed by atoms with van der Waals surface area (Å²) in [5.74, 6) is -0.573. The van der Waals surface area contributed by atoms with Gasteiger partial charge in [-0.25, -0.2) is 0 Å². The van der Waals surface area contributed by atoms with E-state index in [0.29, 0.717) is 25.1 Å². The Morgan fingerprint density at radius 3 is 2.68 bits per heavy atom. The molecule has 2 amide bonds. The Kier molecular flexibility index (Phi) is 3.32. The number of carbonyl (C=O) groups is 2. The van der Waals surface area contributed by atoms with Crippen LogP contribution in [0, 0.1) is 5.41 Å². The van der Waals surface area contributed by atoms with E-state index < -0.39 is 11.5 Å². The van der Waals surface area contributed by atoms with Crippen LogP contribution in [-0.4, -0.2) is 39.6 Å². The van der Waals surface area contributed by atoms with Gasteiger partial charge in [0.2, 0.25) is 11.8 Å². The predicted molar refractivity (Wildman–Crippen MR) is 68.6 cm³/mol. The zero-order valence-electron chi connectivity index (χ0n) is 11.2. The molecule has 7 heteroatoms. The highest BCUT2D eigenvalue weighted by Gasteiger charge is 2.41. The lowest BCUT2D eigenvalue weighted by atomic mass is 9.89. The third kappa shape index (κ3) is 2.46. The van der Waals surface area contributed by atoms with E-state index in [1.165, 1.54) is 0 Å². The molecule has 2 atom stereocenters. The summed E-state index contributed by atoms with van der Waals surface area (Å²) in [4.78, 5) is 25.3. The molecule has 1 aromatic rings. The molecule has 0 radical (unpaired) electrons. The van der Waals surface area contributed by atoms with E-state index >= 15 is 0 Å². The smallest absolute Gasteiger partial charge is 0.244 e. The van der Waals surface area contributed by atoms with Gasteiger partial charge in [-0.05, 0) is 13.3 Å². The van der Waals surface area contributed by atoms with Crippen LogP contribution in [0.5, 0.6) is 0 Å². The first-order chi connectivity index (χ1) is 8.83. The number of hydrogen-bond donors (Lipinski definition) is 2. The van der Waals surface area contributed by atoms with E-state index in [2.05, 4.69) is 5.10 Å². The molecule has 7 nitrogen and oxygen atoms in total. The Morgan fingerprint density at radius 2 is 2.21 bits per heavy atom. The average Bonchev–Trinajstić information content (AvgIpc) is 2.95. The van der Waals surface area contributed by atoms with Crippen LogP contribution in [0.2, 0.25) is 0 Å². The summed E-state index contributed by atoms with van der Waals surface area (Å²) >= 11 is 0. The molecule has 2 heterocycles. The minimum atomic E-state index is -0.746. The third-order valence-electron chi connectivity index (χ3n) is 3.73. The van der Waals surface area contributed by atoms with Crippen LogP contribution in [0.4, 0.5) is 0 Å². The van der Waals surface area contributed by atoms with Crippen molar-refractivity contribution < 1.29 is 9.59 Å². The number of primary amides is 1. The van der Waals surface area contributed by atoms with E-state index in [1.54, 1.807) is 35.9 Å². The molecule has 0 bridgehead atoms. The molecule has 1 aliphatic rings. The van der Waals surface area contributed by atoms with Gasteiger partial charge in [-0.15, -0.1) is 0 Å². The first-order valence-electron chi connectivity index (χ1n) is 6.16. The molecule has 0 aliphatic carbocycles. The molecule has 4 N–H and O–H groups in total. The minimum Gasteiger partial charge on any atom is -0.369 e. The van der Waals surface area contributed by atoms with E-state index in [9.17, 15) is 9.59 Å². The maximum absolute atomic E-state index is 12.3. The van der Waals surface area contributed by atoms with Crippen molar-refractivity contribution in [3.63, 3.8) is 0 Å². The van der Waals surface area contributed by atoms with Gasteiger partial charge in [-0.1, -0.05) is 0 Å². The van der Waals surface area contributed by atoms with Crippen LogP contribution in [0.15, 0.2) is 12.4 Å². The fraction of sp³-hybridized carbons (Fsp3) is 0.583. The highest BCUT2D eigenvalue weighted by Crippen LogP contribution is 2.30. The van der Waals surface area contributed by atoms with Gasteiger partial charge in [-0.3, -0.25) is 14.3 Å². The van der Waals surface area contributed by atoms with Crippen molar-refractivity contribution in [2.24, 2.45) is 23.9 Å². The summed E-state index contributed by atoms with van der Waals surface area (Å²) in [6.45, 7) is 2.61. The number of aryl methyl sites for hydroxylation is 1. The topological polar surface area (TPSA) is 107 Å². The highest BCUT2D eigenvalue weighted by molar-refractivity contribution is 5.86. The fourth-order valence-electron chi connectivity index (χ4n) is 2.29. The van der Waals surface area contributed by atoms with Gasteiger partial charge in [0.1, 0.15) is 6.04 Å². The molecule has 1 aliphatic heterocycles. The summed E-state index contributed by atoms with van der Waals surface area (Å²) in [5.41, 5.74) is 11.3. The van der Waals surface area contributed by atoms with E-state index in [1.807, 2.05) is 0 Å². The molecule has 1 saturated heterocycles. The lowest BCUT2D eigenvalue weighted by Gasteiger charge is -2.23. The molecule has 1 fully saturated rings. The number of likely N-dealkylation sites (tertiary alicyclic amines) is 1. The molecular weight excluding hydrogens is 246 g/mol. The zero-order chi connectivity index (χ0) is 14.2. The number of nitrogens with two attached hydrogens (primary N) is 2. The van der Waals surface area contributed by atoms with Gasteiger partial charge in [-0.2, -0.15) is 5.10 Å². The van der Waals surface area contributed by atoms with Crippen LogP contribution in [0.3, 0.4) is 0 Å². The lowest BCUT2D eigenvalue weighted by molar-refractivity contribution is -0.133. The lowest BCUT2D eigenvalue weighted by Crippen LogP contribution is -2.41. The zero-order valence-corrected chi connectivity index (χ0v) is 11.2. The van der Waals surface area contributed by atoms with Crippen molar-refractivity contribution in [2.75, 3.05) is 13.1 Å². The van der Waals surface area contributed by atoms with Crippen molar-refractivity contribution in [1.29, 1.82) is 0 Å². The number of carbonyl (C=O) groups excluding carboxylic acids is 2. The third-order valence-corrected chi connectivity index (χ3v) is 3.73. The van der Waals surface area contributed by atoms with Crippen molar-refractivity contribution in [3.05, 3.63) is 18.0 Å². The number of nitrogens with zero attached hydrogens (tertiary/aromatic N) is 3. The highest BCUT2D eigenvalue weighted by atomic mass is 16.2. The Balaban J connectivity index is 2.07. The first kappa shape index (κ1) is 13.5. The van der Waals surface area contributed by atoms with Gasteiger partial charge in [0.05, 0.1) is 11.6 Å². The first-order valence-corrected chi connectivity index (χ1v) is 6.16. The fourth-order valence-corrected chi connectivity index (χ4v) is 2.29. The molecule has 2 rings (SSSR count). The van der Waals surface area contributed by atoms with E-state index in [4.69, 9.17) is 11.5 Å². The quantitative estimate of drug-likeness (QED) is 0.741. The number of hydrogen-bond acceptors (Lipinski definition) is 4. The van der Waals surface area contributed by atoms with Gasteiger partial charge in [0, 0.05) is 31.9 Å². The molecule has 19 heavy (non-hydrogen) atoms. The largest absolute Gasteiger partial charge is 0.369 e. The summed E-state index contributed by atoms with van der Waals surface area (Å²) < 4.78 is 1.60. The maximum atomic E-state index is 12.3. The van der Waals surface area contributed by atoms with Gasteiger partial charge >= 0.3 is 0 Å². The van der Waals surface area contributed by atoms with Crippen molar-refractivity contribution in [1.82, 2.24) is 14.7 Å². The molecule has 104 valence electrons. The second kappa shape index (κ2) is 4.65. The van der Waals surface area contributed by atoms with Crippen molar-refractivity contribution in [3.8, 4) is 0 Å². The van der Waals surface area contributed by atoms with Crippen LogP contribution in [-0.2, 0) is 16.6 Å². The van der Waals surface area contributed by atoms with Crippen LogP contribution < -0.4 is 11.5 Å². The van der Waals surface area contributed by atoms with Gasteiger partial charge < -0.3 is 16.4 Å². The number of aromatic nitrogens is 2. The van der Waals surface area contributed by atoms with Crippen molar-refractivity contribution in [2.45, 2.75) is 19.4 Å². The molecule has 0 saturated carbocycles. The Bertz CT molecular complexity index is 512. The molecule has 0 aromatic carbocycles. The van der Waals surface area contributed by atoms with E-state index in [-0.39, 0.29) is 11.8 Å². The molecule has 1 aromatic heterocycles. The van der Waals surface area contributed by atoms with Gasteiger partial charge in [0.25, 0.3) is 0 Å². The monoisotopic (exact) mass is 265 g/mol. The van der Waals surface area contributed by atoms with Crippen LogP contribution >= 0.6 is 0 Å². The molecule has 2 unspecified atom stereocenters. The summed E-state index contributed by atoms with van der Waals surface area (Å²) in [5, 5.41) is 4.00. The average molecular weight is 265 g/mol. The minimum absolute atomic E-state index is 0.196. The second-order valence-corrected chi connectivity index (χ2v) is 5.36. The maximum Gasteiger partial charge on any atom is 0.244 e. The van der Waals surface area contributed by atoms with Gasteiger partial charge in [0.15, 0.2) is 0 Å². The van der Waals surface area contributed by atoms with Crippen LogP contribution in [0.1, 0.15) is 24.9 Å². The second-order valence-electron chi connectivity index (χ2n) is 5.36. The number of amides is 2. The normalized spacial score (nSPS) is 24.5. The van der Waals surface area contributed by atoms with Crippen molar-refractivity contribution >= 4 is 11.8 Å². The van der Waals surface area contributed by atoms with Crippen LogP contribution in [0.25, 0.3) is 0 Å². The Morgan fingerprint density at radius 1 is 1.53 bits per heavy atom. The number of rotatable bonds is 3. The SMILES string of the molecule is Cn1cc(C(N)C(=O)N2CCC(C)(C(N)=O)C2)cn1. The van der Waals surface area contributed by atoms with E-state index in [0.717, 1.165) is 0 Å².